The Morgan fingerprint density at radius 2 is 1.92 bits per heavy atom. The van der Waals surface area contributed by atoms with Crippen molar-refractivity contribution in [3.63, 3.8) is 0 Å². The van der Waals surface area contributed by atoms with Crippen LogP contribution < -0.4 is 4.72 Å². The number of rotatable bonds is 5. The van der Waals surface area contributed by atoms with Crippen LogP contribution in [-0.2, 0) is 19.6 Å². The molecule has 2 fully saturated rings. The van der Waals surface area contributed by atoms with E-state index >= 15 is 0 Å². The normalized spacial score (nSPS) is 26.2. The zero-order valence-corrected chi connectivity index (χ0v) is 14.9. The monoisotopic (exact) mass is 384 g/mol. The molecule has 0 radical (unpaired) electrons. The van der Waals surface area contributed by atoms with Gasteiger partial charge in [0.15, 0.2) is 0 Å². The van der Waals surface area contributed by atoms with Crippen molar-refractivity contribution >= 4 is 21.9 Å². The number of halogens is 1. The van der Waals surface area contributed by atoms with Crippen molar-refractivity contribution < 1.29 is 27.5 Å². The molecule has 7 nitrogen and oxygen atoms in total. The van der Waals surface area contributed by atoms with Crippen LogP contribution in [-0.4, -0.2) is 49.4 Å². The molecule has 2 N–H and O–H groups in total. The van der Waals surface area contributed by atoms with Crippen LogP contribution in [0.4, 0.5) is 4.39 Å². The highest BCUT2D eigenvalue weighted by atomic mass is 32.2. The number of piperidine rings is 1. The van der Waals surface area contributed by atoms with Gasteiger partial charge in [-0.3, -0.25) is 9.59 Å². The second kappa shape index (κ2) is 7.32. The number of sulfonamides is 1. The van der Waals surface area contributed by atoms with Crippen LogP contribution >= 0.6 is 0 Å². The summed E-state index contributed by atoms with van der Waals surface area (Å²) in [5.41, 5.74) is 0. The SMILES string of the molecule is O=C(O)C1CCC1C(=O)N1CCCC(NS(=O)(=O)c2cccc(F)c2)C1. The first-order chi connectivity index (χ1) is 12.3. The zero-order chi connectivity index (χ0) is 18.9. The molecule has 3 atom stereocenters. The number of carboxylic acid groups (broad SMARTS) is 1. The number of hydrogen-bond donors (Lipinski definition) is 2. The lowest BCUT2D eigenvalue weighted by molar-refractivity contribution is -0.157. The smallest absolute Gasteiger partial charge is 0.307 e. The Hall–Kier alpha value is -2.00. The number of aliphatic carboxylic acids is 1. The lowest BCUT2D eigenvalue weighted by atomic mass is 9.72. The van der Waals surface area contributed by atoms with E-state index in [0.717, 1.165) is 12.1 Å². The Labute approximate surface area is 151 Å². The molecule has 1 heterocycles. The summed E-state index contributed by atoms with van der Waals surface area (Å²) in [6.45, 7) is 0.677. The molecule has 1 amide bonds. The van der Waals surface area contributed by atoms with Gasteiger partial charge < -0.3 is 10.0 Å². The number of benzene rings is 1. The molecule has 3 unspecified atom stereocenters. The maximum atomic E-state index is 13.3. The van der Waals surface area contributed by atoms with E-state index in [1.165, 1.54) is 12.1 Å². The number of carbonyl (C=O) groups excluding carboxylic acids is 1. The first-order valence-corrected chi connectivity index (χ1v) is 10.1. The number of nitrogens with one attached hydrogen (secondary N) is 1. The van der Waals surface area contributed by atoms with Crippen molar-refractivity contribution in [2.45, 2.75) is 36.6 Å². The summed E-state index contributed by atoms with van der Waals surface area (Å²) in [4.78, 5) is 25.1. The van der Waals surface area contributed by atoms with Gasteiger partial charge in [0.1, 0.15) is 5.82 Å². The fourth-order valence-corrected chi connectivity index (χ4v) is 4.81. The van der Waals surface area contributed by atoms with Gasteiger partial charge in [-0.05, 0) is 43.9 Å². The molecule has 2 aliphatic rings. The highest BCUT2D eigenvalue weighted by Gasteiger charge is 2.44. The Morgan fingerprint density at radius 1 is 1.19 bits per heavy atom. The van der Waals surface area contributed by atoms with E-state index in [4.69, 9.17) is 5.11 Å². The standard InChI is InChI=1S/C17H21FN2O5S/c18-11-3-1-5-13(9-11)26(24,25)19-12-4-2-8-20(10-12)16(21)14-6-7-15(14)17(22)23/h1,3,5,9,12,14-15,19H,2,4,6-8,10H2,(H,22,23). The fourth-order valence-electron chi connectivity index (χ4n) is 3.52. The van der Waals surface area contributed by atoms with E-state index in [0.29, 0.717) is 32.2 Å². The Morgan fingerprint density at radius 3 is 2.54 bits per heavy atom. The topological polar surface area (TPSA) is 104 Å². The number of carboxylic acids is 1. The first kappa shape index (κ1) is 18.8. The molecule has 0 bridgehead atoms. The van der Waals surface area contributed by atoms with Crippen LogP contribution in [0.2, 0.25) is 0 Å². The van der Waals surface area contributed by atoms with Crippen LogP contribution in [0.3, 0.4) is 0 Å². The van der Waals surface area contributed by atoms with E-state index in [1.807, 2.05) is 0 Å². The molecule has 0 spiro atoms. The van der Waals surface area contributed by atoms with Gasteiger partial charge in [0.2, 0.25) is 15.9 Å². The highest BCUT2D eigenvalue weighted by Crippen LogP contribution is 2.36. The predicted molar refractivity (Wildman–Crippen MR) is 90.2 cm³/mol. The molecule has 1 saturated carbocycles. The average molecular weight is 384 g/mol. The van der Waals surface area contributed by atoms with E-state index in [9.17, 15) is 22.4 Å². The third-order valence-corrected chi connectivity index (χ3v) is 6.59. The lowest BCUT2D eigenvalue weighted by Crippen LogP contribution is -2.53. The first-order valence-electron chi connectivity index (χ1n) is 8.57. The average Bonchev–Trinajstić information content (AvgIpc) is 2.53. The third kappa shape index (κ3) is 3.88. The van der Waals surface area contributed by atoms with E-state index < -0.39 is 39.7 Å². The molecule has 0 aromatic heterocycles. The summed E-state index contributed by atoms with van der Waals surface area (Å²) in [5.74, 6) is -3.00. The van der Waals surface area contributed by atoms with Crippen LogP contribution in [0, 0.1) is 17.7 Å². The molecule has 26 heavy (non-hydrogen) atoms. The number of amides is 1. The molecule has 9 heteroatoms. The van der Waals surface area contributed by atoms with Gasteiger partial charge >= 0.3 is 5.97 Å². The van der Waals surface area contributed by atoms with Gasteiger partial charge in [0.05, 0.1) is 16.7 Å². The van der Waals surface area contributed by atoms with Gasteiger partial charge in [0.25, 0.3) is 0 Å². The largest absolute Gasteiger partial charge is 0.481 e. The minimum absolute atomic E-state index is 0.161. The summed E-state index contributed by atoms with van der Waals surface area (Å²) in [7, 11) is -3.89. The number of carbonyl (C=O) groups is 2. The maximum Gasteiger partial charge on any atom is 0.307 e. The van der Waals surface area contributed by atoms with Crippen molar-refractivity contribution in [2.75, 3.05) is 13.1 Å². The van der Waals surface area contributed by atoms with Gasteiger partial charge in [0, 0.05) is 19.1 Å². The molecule has 3 rings (SSSR count). The van der Waals surface area contributed by atoms with Gasteiger partial charge in [-0.2, -0.15) is 0 Å². The fraction of sp³-hybridized carbons (Fsp3) is 0.529. The summed E-state index contributed by atoms with van der Waals surface area (Å²) in [6, 6.07) is 4.26. The van der Waals surface area contributed by atoms with Gasteiger partial charge in [-0.25, -0.2) is 17.5 Å². The van der Waals surface area contributed by atoms with Crippen LogP contribution in [0.5, 0.6) is 0 Å². The molecule has 1 saturated heterocycles. The summed E-state index contributed by atoms with van der Waals surface area (Å²) >= 11 is 0. The second-order valence-corrected chi connectivity index (χ2v) is 8.54. The Kier molecular flexibility index (Phi) is 5.29. The molecule has 1 aliphatic carbocycles. The summed E-state index contributed by atoms with van der Waals surface area (Å²) < 4.78 is 40.6. The molecular formula is C17H21FN2O5S. The van der Waals surface area contributed by atoms with Gasteiger partial charge in [-0.1, -0.05) is 6.07 Å². The van der Waals surface area contributed by atoms with Crippen LogP contribution in [0.1, 0.15) is 25.7 Å². The molecule has 1 aromatic carbocycles. The molecular weight excluding hydrogens is 363 g/mol. The Balaban J connectivity index is 1.65. The van der Waals surface area contributed by atoms with Crippen molar-refractivity contribution in [1.29, 1.82) is 0 Å². The Bertz CT molecular complexity index is 813. The van der Waals surface area contributed by atoms with E-state index in [1.54, 1.807) is 4.90 Å². The lowest BCUT2D eigenvalue weighted by Gasteiger charge is -2.39. The van der Waals surface area contributed by atoms with Crippen molar-refractivity contribution in [3.8, 4) is 0 Å². The summed E-state index contributed by atoms with van der Waals surface area (Å²) in [5, 5.41) is 9.11. The van der Waals surface area contributed by atoms with Crippen molar-refractivity contribution in [3.05, 3.63) is 30.1 Å². The van der Waals surface area contributed by atoms with Crippen molar-refractivity contribution in [1.82, 2.24) is 9.62 Å². The van der Waals surface area contributed by atoms with E-state index in [2.05, 4.69) is 4.72 Å². The third-order valence-electron chi connectivity index (χ3n) is 5.07. The summed E-state index contributed by atoms with van der Waals surface area (Å²) in [6.07, 6.45) is 2.22. The van der Waals surface area contributed by atoms with E-state index in [-0.39, 0.29) is 17.3 Å². The predicted octanol–water partition coefficient (Wildman–Crippen LogP) is 1.21. The highest BCUT2D eigenvalue weighted by molar-refractivity contribution is 7.89. The zero-order valence-electron chi connectivity index (χ0n) is 14.1. The number of likely N-dealkylation sites (tertiary alicyclic amines) is 1. The van der Waals surface area contributed by atoms with Gasteiger partial charge in [-0.15, -0.1) is 0 Å². The van der Waals surface area contributed by atoms with Crippen molar-refractivity contribution in [2.24, 2.45) is 11.8 Å². The van der Waals surface area contributed by atoms with Crippen LogP contribution in [0.25, 0.3) is 0 Å². The molecule has 1 aliphatic heterocycles. The van der Waals surface area contributed by atoms with Crippen LogP contribution in [0.15, 0.2) is 29.2 Å². The second-order valence-electron chi connectivity index (χ2n) is 6.83. The minimum atomic E-state index is -3.89. The minimum Gasteiger partial charge on any atom is -0.481 e. The quantitative estimate of drug-likeness (QED) is 0.794. The number of hydrogen-bond acceptors (Lipinski definition) is 4. The number of nitrogens with zero attached hydrogens (tertiary/aromatic N) is 1. The molecule has 1 aromatic rings. The maximum absolute atomic E-state index is 13.3. The molecule has 142 valence electrons.